The molecule has 0 saturated heterocycles. The average molecular weight is 325 g/mol. The van der Waals surface area contributed by atoms with Crippen LogP contribution in [-0.2, 0) is 11.3 Å². The molecule has 0 fully saturated rings. The Balaban J connectivity index is 1.68. The fourth-order valence-electron chi connectivity index (χ4n) is 2.96. The van der Waals surface area contributed by atoms with Crippen LogP contribution in [0.15, 0.2) is 30.5 Å². The fraction of sp³-hybridized carbons (Fsp3) is 0.389. The Bertz CT molecular complexity index is 875. The molecule has 24 heavy (non-hydrogen) atoms. The van der Waals surface area contributed by atoms with Crippen molar-refractivity contribution in [1.82, 2.24) is 19.6 Å². The van der Waals surface area contributed by atoms with Gasteiger partial charge in [0.25, 0.3) is 0 Å². The number of hydrogen-bond donors (Lipinski definition) is 1. The van der Waals surface area contributed by atoms with Crippen molar-refractivity contribution in [3.8, 4) is 0 Å². The van der Waals surface area contributed by atoms with Crippen molar-refractivity contribution >= 4 is 22.5 Å². The van der Waals surface area contributed by atoms with E-state index in [2.05, 4.69) is 29.4 Å². The molecule has 0 atom stereocenters. The molecule has 3 aromatic rings. The van der Waals surface area contributed by atoms with Crippen molar-refractivity contribution in [2.75, 3.05) is 5.32 Å². The van der Waals surface area contributed by atoms with Crippen LogP contribution < -0.4 is 5.32 Å². The summed E-state index contributed by atoms with van der Waals surface area (Å²) in [5.74, 6) is -0.0240. The number of nitrogens with one attached hydrogen (secondary N) is 1. The molecule has 1 N–H and O–H groups in total. The predicted molar refractivity (Wildman–Crippen MR) is 95.1 cm³/mol. The minimum atomic E-state index is -0.0240. The lowest BCUT2D eigenvalue weighted by Crippen LogP contribution is -2.16. The van der Waals surface area contributed by atoms with E-state index < -0.39 is 0 Å². The minimum Gasteiger partial charge on any atom is -0.323 e. The lowest BCUT2D eigenvalue weighted by atomic mass is 10.2. The average Bonchev–Trinajstić information content (AvgIpc) is 3.09. The van der Waals surface area contributed by atoms with Gasteiger partial charge in [-0.15, -0.1) is 0 Å². The van der Waals surface area contributed by atoms with Crippen LogP contribution in [0.3, 0.4) is 0 Å². The van der Waals surface area contributed by atoms with Gasteiger partial charge in [0.05, 0.1) is 35.3 Å². The molecule has 6 heteroatoms. The zero-order valence-corrected chi connectivity index (χ0v) is 14.6. The zero-order valence-electron chi connectivity index (χ0n) is 14.6. The number of fused-ring (bicyclic) bond motifs is 1. The number of aryl methyl sites for hydroxylation is 2. The Labute approximate surface area is 141 Å². The highest BCUT2D eigenvalue weighted by molar-refractivity contribution is 5.92. The van der Waals surface area contributed by atoms with Crippen LogP contribution in [-0.4, -0.2) is 25.5 Å². The Hall–Kier alpha value is -2.63. The van der Waals surface area contributed by atoms with Gasteiger partial charge in [0.2, 0.25) is 5.91 Å². The molecular formula is C18H23N5O. The van der Waals surface area contributed by atoms with E-state index in [-0.39, 0.29) is 11.9 Å². The van der Waals surface area contributed by atoms with E-state index in [0.29, 0.717) is 13.0 Å². The van der Waals surface area contributed by atoms with Gasteiger partial charge in [0.15, 0.2) is 0 Å². The van der Waals surface area contributed by atoms with E-state index in [1.807, 2.05) is 53.7 Å². The first-order valence-electron chi connectivity index (χ1n) is 8.23. The Morgan fingerprint density at radius 1 is 1.25 bits per heavy atom. The van der Waals surface area contributed by atoms with Gasteiger partial charge < -0.3 is 5.32 Å². The highest BCUT2D eigenvalue weighted by atomic mass is 16.1. The number of carbonyl (C=O) groups excluding carboxylic acids is 1. The molecule has 3 rings (SSSR count). The molecule has 1 aromatic carbocycles. The predicted octanol–water partition coefficient (Wildman–Crippen LogP) is 3.46. The van der Waals surface area contributed by atoms with Crippen molar-refractivity contribution in [3.05, 3.63) is 41.9 Å². The Kier molecular flexibility index (Phi) is 4.38. The maximum Gasteiger partial charge on any atom is 0.226 e. The molecule has 0 aliphatic heterocycles. The molecule has 2 heterocycles. The van der Waals surface area contributed by atoms with Gasteiger partial charge in [0, 0.05) is 17.8 Å². The number of hydrogen-bond acceptors (Lipinski definition) is 3. The summed E-state index contributed by atoms with van der Waals surface area (Å²) >= 11 is 0. The molecule has 2 aromatic heterocycles. The lowest BCUT2D eigenvalue weighted by Gasteiger charge is -2.09. The number of rotatable bonds is 5. The zero-order chi connectivity index (χ0) is 17.3. The van der Waals surface area contributed by atoms with Gasteiger partial charge in [-0.3, -0.25) is 14.2 Å². The summed E-state index contributed by atoms with van der Waals surface area (Å²) in [6.07, 6.45) is 2.20. The van der Waals surface area contributed by atoms with Crippen LogP contribution in [0.4, 0.5) is 5.69 Å². The molecule has 6 nitrogen and oxygen atoms in total. The standard InChI is InChI=1S/C18H23N5O/c1-12(2)23-14(4)18(13(3)21-23)20-17(24)9-10-22-16-8-6-5-7-15(16)11-19-22/h5-8,11-12H,9-10H2,1-4H3,(H,20,24). The molecule has 0 aliphatic carbocycles. The third-order valence-corrected chi connectivity index (χ3v) is 4.18. The molecule has 0 unspecified atom stereocenters. The number of carbonyl (C=O) groups is 1. The molecule has 0 radical (unpaired) electrons. The van der Waals surface area contributed by atoms with Crippen LogP contribution in [0, 0.1) is 13.8 Å². The number of anilines is 1. The van der Waals surface area contributed by atoms with Crippen molar-refractivity contribution in [2.45, 2.75) is 46.7 Å². The summed E-state index contributed by atoms with van der Waals surface area (Å²) in [7, 11) is 0. The van der Waals surface area contributed by atoms with Crippen molar-refractivity contribution < 1.29 is 4.79 Å². The summed E-state index contributed by atoms with van der Waals surface area (Å²) in [5, 5.41) is 12.9. The lowest BCUT2D eigenvalue weighted by molar-refractivity contribution is -0.116. The summed E-state index contributed by atoms with van der Waals surface area (Å²) < 4.78 is 3.80. The fourth-order valence-corrected chi connectivity index (χ4v) is 2.96. The first kappa shape index (κ1) is 16.2. The molecule has 126 valence electrons. The van der Waals surface area contributed by atoms with Crippen LogP contribution in [0.1, 0.15) is 37.7 Å². The topological polar surface area (TPSA) is 64.7 Å². The van der Waals surface area contributed by atoms with E-state index in [1.165, 1.54) is 0 Å². The molecule has 0 aliphatic rings. The van der Waals surface area contributed by atoms with Crippen LogP contribution >= 0.6 is 0 Å². The van der Waals surface area contributed by atoms with Gasteiger partial charge in [0.1, 0.15) is 0 Å². The third-order valence-electron chi connectivity index (χ3n) is 4.18. The third kappa shape index (κ3) is 3.04. The van der Waals surface area contributed by atoms with E-state index in [1.54, 1.807) is 0 Å². The monoisotopic (exact) mass is 325 g/mol. The van der Waals surface area contributed by atoms with Crippen LogP contribution in [0.2, 0.25) is 0 Å². The summed E-state index contributed by atoms with van der Waals surface area (Å²) in [5.41, 5.74) is 3.70. The number of aromatic nitrogens is 4. The molecule has 0 saturated carbocycles. The SMILES string of the molecule is Cc1nn(C(C)C)c(C)c1NC(=O)CCn1ncc2ccccc21. The van der Waals surface area contributed by atoms with Crippen molar-refractivity contribution in [1.29, 1.82) is 0 Å². The highest BCUT2D eigenvalue weighted by Crippen LogP contribution is 2.22. The molecule has 0 bridgehead atoms. The summed E-state index contributed by atoms with van der Waals surface area (Å²) in [6.45, 7) is 8.61. The van der Waals surface area contributed by atoms with Gasteiger partial charge in [-0.1, -0.05) is 18.2 Å². The second kappa shape index (κ2) is 6.47. The van der Waals surface area contributed by atoms with Crippen molar-refractivity contribution in [3.63, 3.8) is 0 Å². The van der Waals surface area contributed by atoms with Crippen molar-refractivity contribution in [2.24, 2.45) is 0 Å². The van der Waals surface area contributed by atoms with Gasteiger partial charge in [-0.05, 0) is 33.8 Å². The van der Waals surface area contributed by atoms with Gasteiger partial charge in [-0.2, -0.15) is 10.2 Å². The molecule has 0 spiro atoms. The normalized spacial score (nSPS) is 11.4. The molecular weight excluding hydrogens is 302 g/mol. The number of amides is 1. The number of nitrogens with zero attached hydrogens (tertiary/aromatic N) is 4. The smallest absolute Gasteiger partial charge is 0.226 e. The summed E-state index contributed by atoms with van der Waals surface area (Å²) in [4.78, 5) is 12.3. The van der Waals surface area contributed by atoms with Gasteiger partial charge >= 0.3 is 0 Å². The summed E-state index contributed by atoms with van der Waals surface area (Å²) in [6, 6.07) is 8.27. The Morgan fingerprint density at radius 3 is 2.71 bits per heavy atom. The maximum atomic E-state index is 12.3. The Morgan fingerprint density at radius 2 is 2.00 bits per heavy atom. The van der Waals surface area contributed by atoms with Crippen LogP contribution in [0.5, 0.6) is 0 Å². The van der Waals surface area contributed by atoms with E-state index in [0.717, 1.165) is 28.0 Å². The second-order valence-electron chi connectivity index (χ2n) is 6.31. The second-order valence-corrected chi connectivity index (χ2v) is 6.31. The van der Waals surface area contributed by atoms with E-state index in [4.69, 9.17) is 0 Å². The molecule has 1 amide bonds. The van der Waals surface area contributed by atoms with E-state index >= 15 is 0 Å². The van der Waals surface area contributed by atoms with Gasteiger partial charge in [-0.25, -0.2) is 0 Å². The number of para-hydroxylation sites is 1. The first-order valence-corrected chi connectivity index (χ1v) is 8.23. The quantitative estimate of drug-likeness (QED) is 0.781. The van der Waals surface area contributed by atoms with Crippen LogP contribution in [0.25, 0.3) is 10.9 Å². The highest BCUT2D eigenvalue weighted by Gasteiger charge is 2.15. The minimum absolute atomic E-state index is 0.0240. The number of benzene rings is 1. The first-order chi connectivity index (χ1) is 11.5. The largest absolute Gasteiger partial charge is 0.323 e. The van der Waals surface area contributed by atoms with E-state index in [9.17, 15) is 4.79 Å². The maximum absolute atomic E-state index is 12.3.